The summed E-state index contributed by atoms with van der Waals surface area (Å²) >= 11 is 0. The number of amides is 2. The lowest BCUT2D eigenvalue weighted by atomic mass is 9.86. The Labute approximate surface area is 187 Å². The molecule has 164 valence electrons. The molecule has 4 heterocycles. The van der Waals surface area contributed by atoms with Crippen LogP contribution < -0.4 is 0 Å². The van der Waals surface area contributed by atoms with Crippen molar-refractivity contribution in [2.45, 2.75) is 44.4 Å². The van der Waals surface area contributed by atoms with E-state index in [1.54, 1.807) is 4.90 Å². The van der Waals surface area contributed by atoms with Gasteiger partial charge in [0, 0.05) is 36.2 Å². The number of hydrogen-bond acceptors (Lipinski definition) is 3. The van der Waals surface area contributed by atoms with Gasteiger partial charge in [0.1, 0.15) is 6.04 Å². The molecule has 6 rings (SSSR count). The second-order valence-corrected chi connectivity index (χ2v) is 9.25. The van der Waals surface area contributed by atoms with Gasteiger partial charge in [-0.15, -0.1) is 0 Å². The van der Waals surface area contributed by atoms with Gasteiger partial charge in [-0.25, -0.2) is 0 Å². The molecule has 2 fully saturated rings. The third kappa shape index (κ3) is 3.05. The zero-order valence-corrected chi connectivity index (χ0v) is 18.2. The van der Waals surface area contributed by atoms with Gasteiger partial charge in [0.2, 0.25) is 11.8 Å². The fourth-order valence-corrected chi connectivity index (χ4v) is 5.70. The van der Waals surface area contributed by atoms with E-state index < -0.39 is 6.04 Å². The van der Waals surface area contributed by atoms with Gasteiger partial charge in [-0.2, -0.15) is 0 Å². The van der Waals surface area contributed by atoms with Crippen LogP contribution in [0.25, 0.3) is 10.9 Å². The molecule has 3 atom stereocenters. The van der Waals surface area contributed by atoms with E-state index in [0.717, 1.165) is 52.7 Å². The lowest BCUT2D eigenvalue weighted by molar-refractivity contribution is -0.159. The van der Waals surface area contributed by atoms with E-state index in [2.05, 4.69) is 42.2 Å². The summed E-state index contributed by atoms with van der Waals surface area (Å²) in [5.74, 6) is 0.0390. The molecule has 2 saturated heterocycles. The molecule has 0 saturated carbocycles. The Morgan fingerprint density at radius 1 is 1.12 bits per heavy atom. The first kappa shape index (κ1) is 19.6. The minimum atomic E-state index is -0.491. The van der Waals surface area contributed by atoms with Gasteiger partial charge in [0.05, 0.1) is 18.7 Å². The predicted octanol–water partition coefficient (Wildman–Crippen LogP) is 3.34. The molecule has 0 aliphatic carbocycles. The highest BCUT2D eigenvalue weighted by atomic mass is 16.5. The smallest absolute Gasteiger partial charge is 0.246 e. The van der Waals surface area contributed by atoms with Crippen molar-refractivity contribution in [1.82, 2.24) is 14.8 Å². The van der Waals surface area contributed by atoms with Crippen LogP contribution in [0.3, 0.4) is 0 Å². The minimum Gasteiger partial charge on any atom is -0.376 e. The highest BCUT2D eigenvalue weighted by Gasteiger charge is 2.48. The Bertz CT molecular complexity index is 1210. The number of carbonyl (C=O) groups excluding carboxylic acids is 2. The maximum Gasteiger partial charge on any atom is 0.246 e. The number of rotatable bonds is 3. The average molecular weight is 430 g/mol. The first-order valence-corrected chi connectivity index (χ1v) is 11.5. The molecule has 3 aromatic rings. The number of aromatic nitrogens is 1. The van der Waals surface area contributed by atoms with Crippen LogP contribution >= 0.6 is 0 Å². The molecular formula is C26H27N3O3. The summed E-state index contributed by atoms with van der Waals surface area (Å²) in [6.45, 7) is 3.42. The molecular weight excluding hydrogens is 402 g/mol. The van der Waals surface area contributed by atoms with Crippen molar-refractivity contribution in [3.63, 3.8) is 0 Å². The molecule has 0 spiro atoms. The summed E-state index contributed by atoms with van der Waals surface area (Å²) < 4.78 is 5.76. The number of fused-ring (bicyclic) bond motifs is 4. The van der Waals surface area contributed by atoms with Gasteiger partial charge in [0.15, 0.2) is 0 Å². The molecule has 3 aliphatic heterocycles. The normalized spacial score (nSPS) is 25.3. The molecule has 32 heavy (non-hydrogen) atoms. The van der Waals surface area contributed by atoms with Crippen molar-refractivity contribution in [3.8, 4) is 0 Å². The number of hydrogen-bond donors (Lipinski definition) is 1. The van der Waals surface area contributed by atoms with Crippen molar-refractivity contribution in [2.75, 3.05) is 19.7 Å². The molecule has 2 amide bonds. The quantitative estimate of drug-likeness (QED) is 0.695. The average Bonchev–Trinajstić information content (AvgIpc) is 3.43. The largest absolute Gasteiger partial charge is 0.376 e. The number of carbonyl (C=O) groups is 2. The third-order valence-corrected chi connectivity index (χ3v) is 7.15. The predicted molar refractivity (Wildman–Crippen MR) is 121 cm³/mol. The SMILES string of the molecule is Cc1cccc([C@@H]2c3[nH]c4ccccc4c3C[C@H]3C(=O)N(C[C@@H]4CCCO4)CC(=O)N23)c1. The number of ether oxygens (including phenoxy) is 1. The third-order valence-electron chi connectivity index (χ3n) is 7.15. The maximum absolute atomic E-state index is 13.7. The van der Waals surface area contributed by atoms with Gasteiger partial charge >= 0.3 is 0 Å². The van der Waals surface area contributed by atoms with E-state index in [1.807, 2.05) is 23.1 Å². The van der Waals surface area contributed by atoms with E-state index in [1.165, 1.54) is 0 Å². The van der Waals surface area contributed by atoms with Crippen LogP contribution in [-0.4, -0.2) is 58.4 Å². The highest BCUT2D eigenvalue weighted by molar-refractivity contribution is 5.97. The van der Waals surface area contributed by atoms with E-state index in [0.29, 0.717) is 13.0 Å². The Morgan fingerprint density at radius 3 is 2.81 bits per heavy atom. The van der Waals surface area contributed by atoms with E-state index >= 15 is 0 Å². The first-order valence-electron chi connectivity index (χ1n) is 11.5. The van der Waals surface area contributed by atoms with Gasteiger partial charge in [-0.3, -0.25) is 9.59 Å². The van der Waals surface area contributed by atoms with Crippen LogP contribution in [0, 0.1) is 6.92 Å². The van der Waals surface area contributed by atoms with Gasteiger partial charge in [-0.05, 0) is 37.0 Å². The van der Waals surface area contributed by atoms with Crippen molar-refractivity contribution in [2.24, 2.45) is 0 Å². The zero-order chi connectivity index (χ0) is 21.8. The number of nitrogens with one attached hydrogen (secondary N) is 1. The van der Waals surface area contributed by atoms with Gasteiger partial charge in [0.25, 0.3) is 0 Å². The van der Waals surface area contributed by atoms with Crippen LogP contribution in [0.4, 0.5) is 0 Å². The number of aryl methyl sites for hydroxylation is 1. The van der Waals surface area contributed by atoms with Crippen LogP contribution in [0.5, 0.6) is 0 Å². The maximum atomic E-state index is 13.7. The summed E-state index contributed by atoms with van der Waals surface area (Å²) in [4.78, 5) is 34.3. The first-order chi connectivity index (χ1) is 15.6. The van der Waals surface area contributed by atoms with Crippen molar-refractivity contribution >= 4 is 22.7 Å². The summed E-state index contributed by atoms with van der Waals surface area (Å²) in [7, 11) is 0. The lowest BCUT2D eigenvalue weighted by Gasteiger charge is -2.47. The van der Waals surface area contributed by atoms with Crippen LogP contribution in [0.2, 0.25) is 0 Å². The lowest BCUT2D eigenvalue weighted by Crippen LogP contribution is -2.63. The number of benzene rings is 2. The van der Waals surface area contributed by atoms with E-state index in [4.69, 9.17) is 4.74 Å². The zero-order valence-electron chi connectivity index (χ0n) is 18.2. The van der Waals surface area contributed by atoms with Crippen molar-refractivity contribution in [3.05, 3.63) is 70.9 Å². The molecule has 3 aliphatic rings. The monoisotopic (exact) mass is 429 g/mol. The summed E-state index contributed by atoms with van der Waals surface area (Å²) in [5, 5.41) is 1.14. The van der Waals surface area contributed by atoms with Crippen LogP contribution in [-0.2, 0) is 20.7 Å². The molecule has 1 N–H and O–H groups in total. The summed E-state index contributed by atoms with van der Waals surface area (Å²) in [5.41, 5.74) is 5.40. The second-order valence-electron chi connectivity index (χ2n) is 9.25. The topological polar surface area (TPSA) is 65.6 Å². The van der Waals surface area contributed by atoms with Crippen LogP contribution in [0.15, 0.2) is 48.5 Å². The van der Waals surface area contributed by atoms with Crippen LogP contribution in [0.1, 0.15) is 41.3 Å². The van der Waals surface area contributed by atoms with E-state index in [9.17, 15) is 9.59 Å². The molecule has 0 bridgehead atoms. The Hall–Kier alpha value is -3.12. The molecule has 0 unspecified atom stereocenters. The van der Waals surface area contributed by atoms with Gasteiger partial charge < -0.3 is 19.5 Å². The van der Waals surface area contributed by atoms with Gasteiger partial charge in [-0.1, -0.05) is 48.0 Å². The Kier molecular flexibility index (Phi) is 4.57. The number of H-pyrrole nitrogens is 1. The number of aromatic amines is 1. The van der Waals surface area contributed by atoms with Crippen molar-refractivity contribution < 1.29 is 14.3 Å². The minimum absolute atomic E-state index is 0.00316. The molecule has 6 heteroatoms. The molecule has 1 aromatic heterocycles. The standard InChI is InChI=1S/C26H27N3O3/c1-16-6-4-7-17(12-16)25-24-20(19-9-2-3-10-21(19)27-24)13-22-26(31)28(15-23(30)29(22)25)14-18-8-5-11-32-18/h2-4,6-7,9-10,12,18,22,25,27H,5,8,11,13-15H2,1H3/t18-,22-,25+/m0/s1. The molecule has 0 radical (unpaired) electrons. The second kappa shape index (κ2) is 7.48. The van der Waals surface area contributed by atoms with Crippen molar-refractivity contribution in [1.29, 1.82) is 0 Å². The summed E-state index contributed by atoms with van der Waals surface area (Å²) in [6, 6.07) is 15.7. The van der Waals surface area contributed by atoms with E-state index in [-0.39, 0.29) is 30.5 Å². The number of para-hydroxylation sites is 1. The Morgan fingerprint density at radius 2 is 2.00 bits per heavy atom. The number of piperazine rings is 1. The number of nitrogens with zero attached hydrogens (tertiary/aromatic N) is 2. The summed E-state index contributed by atoms with van der Waals surface area (Å²) in [6.07, 6.45) is 2.54. The Balaban J connectivity index is 1.46. The molecule has 2 aromatic carbocycles. The molecule has 6 nitrogen and oxygen atoms in total. The fraction of sp³-hybridized carbons (Fsp3) is 0.385. The highest BCUT2D eigenvalue weighted by Crippen LogP contribution is 2.42. The fourth-order valence-electron chi connectivity index (χ4n) is 5.70.